The predicted octanol–water partition coefficient (Wildman–Crippen LogP) is 4.58. The van der Waals surface area contributed by atoms with E-state index in [0.29, 0.717) is 23.4 Å². The van der Waals surface area contributed by atoms with Crippen LogP contribution < -0.4 is 0 Å². The molecule has 1 rings (SSSR count). The molecule has 0 bridgehead atoms. The molecule has 0 radical (unpaired) electrons. The second kappa shape index (κ2) is 10.4. The molecule has 0 aromatic heterocycles. The average Bonchev–Trinajstić information content (AvgIpc) is 2.60. The fraction of sp³-hybridized carbons (Fsp3) is 0.714. The quantitative estimate of drug-likeness (QED) is 0.562. The van der Waals surface area contributed by atoms with Gasteiger partial charge in [0.2, 0.25) is 10.0 Å². The van der Waals surface area contributed by atoms with Gasteiger partial charge in [-0.05, 0) is 62.9 Å². The maximum atomic E-state index is 12.8. The molecule has 4 nitrogen and oxygen atoms in total. The van der Waals surface area contributed by atoms with Gasteiger partial charge >= 0.3 is 0 Å². The van der Waals surface area contributed by atoms with Gasteiger partial charge in [-0.25, -0.2) is 12.7 Å². The van der Waals surface area contributed by atoms with E-state index in [0.717, 1.165) is 24.3 Å². The molecule has 2 atom stereocenters. The van der Waals surface area contributed by atoms with E-state index in [2.05, 4.69) is 46.7 Å². The molecule has 0 saturated heterocycles. The van der Waals surface area contributed by atoms with E-state index in [9.17, 15) is 8.42 Å². The number of rotatable bonds is 11. The van der Waals surface area contributed by atoms with Gasteiger partial charge < -0.3 is 4.90 Å². The molecule has 150 valence electrons. The molecule has 1 aromatic carbocycles. The second-order valence-corrected chi connectivity index (χ2v) is 10.1. The Kier molecular flexibility index (Phi) is 9.28. The van der Waals surface area contributed by atoms with Crippen molar-refractivity contribution in [2.24, 2.45) is 5.92 Å². The molecule has 1 aromatic rings. The first-order valence-corrected chi connectivity index (χ1v) is 11.3. The van der Waals surface area contributed by atoms with Crippen molar-refractivity contribution < 1.29 is 8.42 Å². The van der Waals surface area contributed by atoms with Crippen LogP contribution in [0.3, 0.4) is 0 Å². The maximum absolute atomic E-state index is 12.8. The summed E-state index contributed by atoms with van der Waals surface area (Å²) >= 11 is 0. The molecule has 0 aliphatic carbocycles. The lowest BCUT2D eigenvalue weighted by Gasteiger charge is -2.27. The zero-order valence-electron chi connectivity index (χ0n) is 17.7. The largest absolute Gasteiger partial charge is 0.306 e. The zero-order valence-corrected chi connectivity index (χ0v) is 18.5. The van der Waals surface area contributed by atoms with Gasteiger partial charge in [0.05, 0.1) is 4.90 Å². The molecular weight excluding hydrogens is 344 g/mol. The smallest absolute Gasteiger partial charge is 0.242 e. The molecule has 5 heteroatoms. The normalized spacial score (nSPS) is 15.0. The van der Waals surface area contributed by atoms with E-state index in [4.69, 9.17) is 0 Å². The van der Waals surface area contributed by atoms with Crippen LogP contribution in [0.4, 0.5) is 0 Å². The highest BCUT2D eigenvalue weighted by Gasteiger charge is 2.22. The summed E-state index contributed by atoms with van der Waals surface area (Å²) in [7, 11) is 2.43. The monoisotopic (exact) mass is 382 g/mol. The Balaban J connectivity index is 2.72. The summed E-state index contributed by atoms with van der Waals surface area (Å²) in [5, 5.41) is 0. The highest BCUT2D eigenvalue weighted by atomic mass is 32.2. The van der Waals surface area contributed by atoms with Crippen LogP contribution in [0, 0.1) is 5.92 Å². The van der Waals surface area contributed by atoms with Crippen molar-refractivity contribution in [3.05, 3.63) is 29.8 Å². The summed E-state index contributed by atoms with van der Waals surface area (Å²) in [6.45, 7) is 9.26. The highest BCUT2D eigenvalue weighted by Crippen LogP contribution is 2.21. The van der Waals surface area contributed by atoms with Crippen LogP contribution in [0.1, 0.15) is 64.9 Å². The summed E-state index contributed by atoms with van der Waals surface area (Å²) in [4.78, 5) is 2.60. The molecular formula is C21H38N2O2S. The Labute approximate surface area is 161 Å². The van der Waals surface area contributed by atoms with E-state index in [1.165, 1.54) is 17.1 Å². The third-order valence-corrected chi connectivity index (χ3v) is 7.32. The first-order valence-electron chi connectivity index (χ1n) is 9.82. The van der Waals surface area contributed by atoms with Crippen LogP contribution in [0.5, 0.6) is 0 Å². The minimum absolute atomic E-state index is 0.380. The van der Waals surface area contributed by atoms with E-state index in [1.807, 2.05) is 12.1 Å². The van der Waals surface area contributed by atoms with Crippen molar-refractivity contribution in [1.82, 2.24) is 9.21 Å². The van der Waals surface area contributed by atoms with E-state index in [-0.39, 0.29) is 0 Å². The number of hydrogen-bond acceptors (Lipinski definition) is 3. The van der Waals surface area contributed by atoms with Crippen LogP contribution in [-0.4, -0.2) is 51.4 Å². The van der Waals surface area contributed by atoms with Crippen LogP contribution >= 0.6 is 0 Å². The standard InChI is InChI=1S/C21H38N2O2S/c1-8-18(4)9-12-20(22(5)6)15-16-23(7)26(24,25)21-13-10-19(11-14-21)17(2)3/h10-11,13-14,17-18,20H,8-9,12,15-16H2,1-7H3. The number of sulfonamides is 1. The summed E-state index contributed by atoms with van der Waals surface area (Å²) in [6.07, 6.45) is 4.34. The second-order valence-electron chi connectivity index (χ2n) is 8.05. The summed E-state index contributed by atoms with van der Waals surface area (Å²) in [5.41, 5.74) is 1.16. The molecule has 26 heavy (non-hydrogen) atoms. The van der Waals surface area contributed by atoms with Gasteiger partial charge in [-0.15, -0.1) is 0 Å². The van der Waals surface area contributed by atoms with Crippen molar-refractivity contribution in [1.29, 1.82) is 0 Å². The molecule has 0 fully saturated rings. The van der Waals surface area contributed by atoms with E-state index in [1.54, 1.807) is 19.2 Å². The first kappa shape index (κ1) is 23.1. The van der Waals surface area contributed by atoms with Crippen molar-refractivity contribution >= 4 is 10.0 Å². The van der Waals surface area contributed by atoms with Gasteiger partial charge in [0, 0.05) is 19.6 Å². The van der Waals surface area contributed by atoms with Crippen LogP contribution in [-0.2, 0) is 10.0 Å². The first-order chi connectivity index (χ1) is 12.1. The van der Waals surface area contributed by atoms with Gasteiger partial charge in [0.15, 0.2) is 0 Å². The summed E-state index contributed by atoms with van der Waals surface area (Å²) in [6, 6.07) is 7.70. The molecule has 2 unspecified atom stereocenters. The van der Waals surface area contributed by atoms with Crippen molar-refractivity contribution in [3.8, 4) is 0 Å². The topological polar surface area (TPSA) is 40.6 Å². The van der Waals surface area contributed by atoms with Crippen LogP contribution in [0.2, 0.25) is 0 Å². The Morgan fingerprint density at radius 3 is 1.96 bits per heavy atom. The lowest BCUT2D eigenvalue weighted by molar-refractivity contribution is 0.237. The van der Waals surface area contributed by atoms with Crippen molar-refractivity contribution in [2.75, 3.05) is 27.7 Å². The minimum atomic E-state index is -3.42. The SMILES string of the molecule is CCC(C)CCC(CCN(C)S(=O)(=O)c1ccc(C(C)C)cc1)N(C)C. The Bertz CT molecular complexity index is 624. The van der Waals surface area contributed by atoms with Crippen molar-refractivity contribution in [3.63, 3.8) is 0 Å². The Hall–Kier alpha value is -0.910. The minimum Gasteiger partial charge on any atom is -0.306 e. The van der Waals surface area contributed by atoms with Crippen LogP contribution in [0.15, 0.2) is 29.2 Å². The third kappa shape index (κ3) is 6.67. The lowest BCUT2D eigenvalue weighted by Crippen LogP contribution is -2.35. The predicted molar refractivity (Wildman–Crippen MR) is 111 cm³/mol. The Morgan fingerprint density at radius 2 is 1.50 bits per heavy atom. The average molecular weight is 383 g/mol. The third-order valence-electron chi connectivity index (χ3n) is 5.45. The van der Waals surface area contributed by atoms with Gasteiger partial charge in [0.25, 0.3) is 0 Å². The maximum Gasteiger partial charge on any atom is 0.242 e. The van der Waals surface area contributed by atoms with Gasteiger partial charge in [0.1, 0.15) is 0 Å². The number of nitrogens with zero attached hydrogens (tertiary/aromatic N) is 2. The lowest BCUT2D eigenvalue weighted by atomic mass is 9.97. The molecule has 0 amide bonds. The highest BCUT2D eigenvalue weighted by molar-refractivity contribution is 7.89. The van der Waals surface area contributed by atoms with Gasteiger partial charge in [-0.2, -0.15) is 0 Å². The fourth-order valence-corrected chi connectivity index (χ4v) is 4.18. The molecule has 0 saturated carbocycles. The van der Waals surface area contributed by atoms with Gasteiger partial charge in [-0.1, -0.05) is 46.2 Å². The van der Waals surface area contributed by atoms with Crippen LogP contribution in [0.25, 0.3) is 0 Å². The summed E-state index contributed by atoms with van der Waals surface area (Å²) < 4.78 is 27.1. The summed E-state index contributed by atoms with van der Waals surface area (Å²) in [5.74, 6) is 1.12. The van der Waals surface area contributed by atoms with Gasteiger partial charge in [-0.3, -0.25) is 0 Å². The molecule has 0 spiro atoms. The van der Waals surface area contributed by atoms with E-state index < -0.39 is 10.0 Å². The molecule has 0 aliphatic heterocycles. The fourth-order valence-electron chi connectivity index (χ4n) is 3.00. The zero-order chi connectivity index (χ0) is 19.9. The number of hydrogen-bond donors (Lipinski definition) is 0. The van der Waals surface area contributed by atoms with E-state index >= 15 is 0 Å². The molecule has 0 heterocycles. The number of benzene rings is 1. The molecule has 0 aliphatic rings. The van der Waals surface area contributed by atoms with Crippen molar-refractivity contribution in [2.45, 2.75) is 70.2 Å². The Morgan fingerprint density at radius 1 is 0.923 bits per heavy atom. The molecule has 0 N–H and O–H groups in total.